The van der Waals surface area contributed by atoms with E-state index < -0.39 is 0 Å². The Bertz CT molecular complexity index is 661. The Hall–Kier alpha value is -2.02. The Morgan fingerprint density at radius 1 is 1.23 bits per heavy atom. The zero-order valence-corrected chi connectivity index (χ0v) is 13.6. The van der Waals surface area contributed by atoms with Crippen LogP contribution in [0.15, 0.2) is 54.8 Å². The van der Waals surface area contributed by atoms with Crippen LogP contribution in [0.3, 0.4) is 0 Å². The molecule has 1 nitrogen and oxygen atoms in total. The number of nitrogens with zero attached hydrogens (tertiary/aromatic N) is 1. The molecule has 0 fully saturated rings. The lowest BCUT2D eigenvalue weighted by molar-refractivity contribution is 0.331. The maximum absolute atomic E-state index is 4.09. The van der Waals surface area contributed by atoms with Crippen LogP contribution in [0.2, 0.25) is 0 Å². The molecule has 1 aliphatic carbocycles. The molecule has 2 aliphatic rings. The average molecular weight is 291 g/mol. The van der Waals surface area contributed by atoms with Crippen molar-refractivity contribution in [3.8, 4) is 0 Å². The van der Waals surface area contributed by atoms with Gasteiger partial charge in [-0.15, -0.1) is 0 Å². The lowest BCUT2D eigenvalue weighted by Gasteiger charge is -2.32. The zero-order valence-electron chi connectivity index (χ0n) is 13.6. The number of hydrogen-bond acceptors (Lipinski definition) is 1. The zero-order chi connectivity index (χ0) is 15.5. The molecular weight excluding hydrogens is 266 g/mol. The van der Waals surface area contributed by atoms with Gasteiger partial charge in [-0.2, -0.15) is 0 Å². The lowest BCUT2D eigenvalue weighted by atomic mass is 9.88. The third-order valence-electron chi connectivity index (χ3n) is 4.61. The van der Waals surface area contributed by atoms with Gasteiger partial charge in [0.05, 0.1) is 0 Å². The minimum Gasteiger partial charge on any atom is -0.367 e. The fourth-order valence-electron chi connectivity index (χ4n) is 3.35. The first-order chi connectivity index (χ1) is 10.7. The molecule has 0 aromatic heterocycles. The van der Waals surface area contributed by atoms with Crippen LogP contribution in [-0.2, 0) is 19.4 Å². The Balaban J connectivity index is 1.86. The summed E-state index contributed by atoms with van der Waals surface area (Å²) in [5, 5.41) is 0. The van der Waals surface area contributed by atoms with Crippen LogP contribution in [0.4, 0.5) is 0 Å². The molecule has 0 saturated carbocycles. The van der Waals surface area contributed by atoms with Crippen LogP contribution < -0.4 is 0 Å². The van der Waals surface area contributed by atoms with Crippen LogP contribution in [0.5, 0.6) is 0 Å². The van der Waals surface area contributed by atoms with Crippen molar-refractivity contribution in [1.82, 2.24) is 4.90 Å². The Kier molecular flexibility index (Phi) is 4.33. The van der Waals surface area contributed by atoms with E-state index in [1.54, 1.807) is 0 Å². The molecule has 0 radical (unpaired) electrons. The van der Waals surface area contributed by atoms with E-state index in [1.165, 1.54) is 39.9 Å². The number of unbranched alkanes of at least 4 members (excludes halogenated alkanes) is 1. The first-order valence-corrected chi connectivity index (χ1v) is 8.29. The summed E-state index contributed by atoms with van der Waals surface area (Å²) in [5.74, 6) is 0. The van der Waals surface area contributed by atoms with Gasteiger partial charge in [0, 0.05) is 18.8 Å². The predicted octanol–water partition coefficient (Wildman–Crippen LogP) is 5.04. The van der Waals surface area contributed by atoms with E-state index >= 15 is 0 Å². The summed E-state index contributed by atoms with van der Waals surface area (Å²) < 4.78 is 0. The second kappa shape index (κ2) is 6.39. The second-order valence-electron chi connectivity index (χ2n) is 6.28. The van der Waals surface area contributed by atoms with Crippen molar-refractivity contribution in [3.63, 3.8) is 0 Å². The van der Waals surface area contributed by atoms with Crippen LogP contribution in [-0.4, -0.2) is 11.4 Å². The van der Waals surface area contributed by atoms with Crippen molar-refractivity contribution in [2.24, 2.45) is 0 Å². The van der Waals surface area contributed by atoms with Gasteiger partial charge in [0.1, 0.15) is 0 Å². The maximum atomic E-state index is 4.09. The molecule has 3 rings (SSSR count). The van der Waals surface area contributed by atoms with Gasteiger partial charge in [-0.1, -0.05) is 56.4 Å². The van der Waals surface area contributed by atoms with Crippen LogP contribution in [0, 0.1) is 0 Å². The fraction of sp³-hybridized carbons (Fsp3) is 0.333. The normalized spacial score (nSPS) is 17.2. The van der Waals surface area contributed by atoms with E-state index in [2.05, 4.69) is 55.3 Å². The first-order valence-electron chi connectivity index (χ1n) is 8.29. The van der Waals surface area contributed by atoms with E-state index in [1.807, 2.05) is 6.08 Å². The van der Waals surface area contributed by atoms with Crippen molar-refractivity contribution in [3.05, 3.63) is 77.0 Å². The molecule has 0 unspecified atom stereocenters. The Morgan fingerprint density at radius 3 is 2.86 bits per heavy atom. The minimum absolute atomic E-state index is 0.997. The summed E-state index contributed by atoms with van der Waals surface area (Å²) in [7, 11) is 0. The Morgan fingerprint density at radius 2 is 2.09 bits per heavy atom. The van der Waals surface area contributed by atoms with Crippen LogP contribution in [0.1, 0.15) is 42.0 Å². The lowest BCUT2D eigenvalue weighted by Crippen LogP contribution is -2.29. The molecule has 1 heterocycles. The summed E-state index contributed by atoms with van der Waals surface area (Å²) in [5.41, 5.74) is 8.27. The summed E-state index contributed by atoms with van der Waals surface area (Å²) >= 11 is 0. The Labute approximate surface area is 134 Å². The van der Waals surface area contributed by atoms with Crippen molar-refractivity contribution >= 4 is 6.08 Å². The van der Waals surface area contributed by atoms with Gasteiger partial charge in [-0.05, 0) is 53.7 Å². The van der Waals surface area contributed by atoms with Crippen molar-refractivity contribution in [2.45, 2.75) is 39.2 Å². The SMILES string of the molecule is C=C/C(=C\CCC)N1CCc2cc3c(cc2C1)C=CC(=C)C3. The number of benzene rings is 1. The summed E-state index contributed by atoms with van der Waals surface area (Å²) in [4.78, 5) is 2.46. The van der Waals surface area contributed by atoms with Gasteiger partial charge < -0.3 is 4.90 Å². The number of rotatable bonds is 4. The monoisotopic (exact) mass is 291 g/mol. The molecule has 0 saturated heterocycles. The van der Waals surface area contributed by atoms with Gasteiger partial charge in [0.2, 0.25) is 0 Å². The molecule has 0 N–H and O–H groups in total. The van der Waals surface area contributed by atoms with E-state index in [4.69, 9.17) is 0 Å². The second-order valence-corrected chi connectivity index (χ2v) is 6.28. The smallest absolute Gasteiger partial charge is 0.0432 e. The van der Waals surface area contributed by atoms with E-state index in [0.717, 1.165) is 32.4 Å². The minimum atomic E-state index is 0.997. The fourth-order valence-corrected chi connectivity index (χ4v) is 3.35. The van der Waals surface area contributed by atoms with Crippen LogP contribution >= 0.6 is 0 Å². The van der Waals surface area contributed by atoms with Crippen molar-refractivity contribution < 1.29 is 0 Å². The number of fused-ring (bicyclic) bond motifs is 2. The molecule has 114 valence electrons. The molecule has 1 aliphatic heterocycles. The van der Waals surface area contributed by atoms with Crippen LogP contribution in [0.25, 0.3) is 6.08 Å². The highest BCUT2D eigenvalue weighted by Gasteiger charge is 2.19. The summed E-state index contributed by atoms with van der Waals surface area (Å²) in [6, 6.07) is 4.78. The molecule has 0 spiro atoms. The summed E-state index contributed by atoms with van der Waals surface area (Å²) in [6.45, 7) is 12.4. The highest BCUT2D eigenvalue weighted by molar-refractivity contribution is 5.63. The highest BCUT2D eigenvalue weighted by atomic mass is 15.1. The highest BCUT2D eigenvalue weighted by Crippen LogP contribution is 2.29. The average Bonchev–Trinajstić information content (AvgIpc) is 2.53. The predicted molar refractivity (Wildman–Crippen MR) is 95.6 cm³/mol. The molecule has 0 atom stereocenters. The molecule has 22 heavy (non-hydrogen) atoms. The van der Waals surface area contributed by atoms with Gasteiger partial charge in [-0.25, -0.2) is 0 Å². The largest absolute Gasteiger partial charge is 0.367 e. The first kappa shape index (κ1) is 14.9. The number of hydrogen-bond donors (Lipinski definition) is 0. The standard InChI is InChI=1S/C21H25N/c1-4-6-7-21(5-2)22-11-10-18-13-19-12-16(3)8-9-17(19)14-20(18)15-22/h5,7-9,13-14H,2-4,6,10-12,15H2,1H3/b21-7+. The van der Waals surface area contributed by atoms with Gasteiger partial charge in [0.25, 0.3) is 0 Å². The van der Waals surface area contributed by atoms with E-state index in [0.29, 0.717) is 0 Å². The summed E-state index contributed by atoms with van der Waals surface area (Å²) in [6.07, 6.45) is 13.1. The van der Waals surface area contributed by atoms with Gasteiger partial charge in [-0.3, -0.25) is 0 Å². The third kappa shape index (κ3) is 2.94. The maximum Gasteiger partial charge on any atom is 0.0432 e. The van der Waals surface area contributed by atoms with E-state index in [-0.39, 0.29) is 0 Å². The topological polar surface area (TPSA) is 3.24 Å². The quantitative estimate of drug-likeness (QED) is 0.702. The van der Waals surface area contributed by atoms with E-state index in [9.17, 15) is 0 Å². The van der Waals surface area contributed by atoms with Crippen molar-refractivity contribution in [1.29, 1.82) is 0 Å². The molecule has 1 aromatic rings. The molecule has 1 heteroatoms. The molecular formula is C21H25N. The van der Waals surface area contributed by atoms with Crippen molar-refractivity contribution in [2.75, 3.05) is 6.54 Å². The molecule has 0 bridgehead atoms. The number of allylic oxidation sites excluding steroid dienone is 4. The van der Waals surface area contributed by atoms with Gasteiger partial charge >= 0.3 is 0 Å². The molecule has 0 amide bonds. The molecule has 1 aromatic carbocycles. The van der Waals surface area contributed by atoms with Gasteiger partial charge in [0.15, 0.2) is 0 Å². The third-order valence-corrected chi connectivity index (χ3v) is 4.61.